The molecular formula is C3H14OSi3. The number of rotatable bonds is 4. The van der Waals surface area contributed by atoms with E-state index >= 15 is 0 Å². The normalized spacial score (nSPS) is 13.3. The predicted octanol–water partition coefficient (Wildman–Crippen LogP) is -1.72. The van der Waals surface area contributed by atoms with Crippen LogP contribution < -0.4 is 0 Å². The molecule has 0 heterocycles. The second kappa shape index (κ2) is 6.61. The maximum Gasteiger partial charge on any atom is 0.129 e. The summed E-state index contributed by atoms with van der Waals surface area (Å²) in [6, 6.07) is 1.52. The van der Waals surface area contributed by atoms with Crippen LogP contribution >= 0.6 is 0 Å². The summed E-state index contributed by atoms with van der Waals surface area (Å²) >= 11 is 0. The summed E-state index contributed by atoms with van der Waals surface area (Å²) in [5.74, 6) is 0. The van der Waals surface area contributed by atoms with Gasteiger partial charge in [0.2, 0.25) is 0 Å². The van der Waals surface area contributed by atoms with E-state index in [0.29, 0.717) is 9.04 Å². The Morgan fingerprint density at radius 1 is 1.71 bits per heavy atom. The smallest absolute Gasteiger partial charge is 0.129 e. The summed E-state index contributed by atoms with van der Waals surface area (Å²) in [7, 11) is 1.48. The fourth-order valence-corrected chi connectivity index (χ4v) is 7.07. The van der Waals surface area contributed by atoms with Crippen LogP contribution in [0.3, 0.4) is 0 Å². The van der Waals surface area contributed by atoms with Crippen molar-refractivity contribution in [1.82, 2.24) is 0 Å². The molecule has 44 valence electrons. The molecule has 0 bridgehead atoms. The second-order valence-corrected chi connectivity index (χ2v) is 9.18. The minimum atomic E-state index is 0.111. The van der Waals surface area contributed by atoms with Gasteiger partial charge in [0.25, 0.3) is 0 Å². The van der Waals surface area contributed by atoms with E-state index in [1.165, 1.54) is 12.5 Å². The summed E-state index contributed by atoms with van der Waals surface area (Å²) in [5, 5.41) is 0. The molecular weight excluding hydrogens is 136 g/mol. The van der Waals surface area contributed by atoms with Crippen LogP contribution in [0.4, 0.5) is 0 Å². The molecule has 0 aliphatic rings. The van der Waals surface area contributed by atoms with Gasteiger partial charge in [0.05, 0.1) is 0 Å². The first-order valence-electron chi connectivity index (χ1n) is 2.90. The van der Waals surface area contributed by atoms with E-state index in [4.69, 9.17) is 4.12 Å². The molecule has 0 spiro atoms. The molecule has 0 N–H and O–H groups in total. The van der Waals surface area contributed by atoms with E-state index in [0.717, 1.165) is 10.5 Å². The van der Waals surface area contributed by atoms with Crippen LogP contribution in [0.15, 0.2) is 0 Å². The van der Waals surface area contributed by atoms with E-state index in [1.807, 2.05) is 0 Å². The van der Waals surface area contributed by atoms with Crippen molar-refractivity contribution < 1.29 is 4.12 Å². The monoisotopic (exact) mass is 150 g/mol. The molecule has 0 rings (SSSR count). The third-order valence-electron chi connectivity index (χ3n) is 0.952. The Balaban J connectivity index is 2.45. The van der Waals surface area contributed by atoms with Gasteiger partial charge in [-0.1, -0.05) is 19.4 Å². The zero-order chi connectivity index (χ0) is 5.54. The maximum atomic E-state index is 5.18. The minimum Gasteiger partial charge on any atom is -0.471 e. The third-order valence-corrected chi connectivity index (χ3v) is 10.1. The van der Waals surface area contributed by atoms with Crippen molar-refractivity contribution in [2.75, 3.05) is 0 Å². The van der Waals surface area contributed by atoms with Gasteiger partial charge in [-0.3, -0.25) is 0 Å². The van der Waals surface area contributed by atoms with E-state index in [2.05, 4.69) is 6.92 Å². The van der Waals surface area contributed by atoms with E-state index in [1.54, 1.807) is 0 Å². The van der Waals surface area contributed by atoms with E-state index in [-0.39, 0.29) is 9.28 Å². The molecule has 0 saturated heterocycles. The lowest BCUT2D eigenvalue weighted by atomic mass is 10.6. The molecule has 0 aromatic carbocycles. The zero-order valence-electron chi connectivity index (χ0n) is 5.24. The van der Waals surface area contributed by atoms with Gasteiger partial charge in [-0.15, -0.1) is 0 Å². The highest BCUT2D eigenvalue weighted by Crippen LogP contribution is 1.81. The molecule has 4 heteroatoms. The highest BCUT2D eigenvalue weighted by Gasteiger charge is 1.82. The molecule has 1 nitrogen and oxygen atoms in total. The molecule has 7 heavy (non-hydrogen) atoms. The van der Waals surface area contributed by atoms with Crippen molar-refractivity contribution in [2.45, 2.75) is 19.4 Å². The first-order valence-corrected chi connectivity index (χ1v) is 9.30. The quantitative estimate of drug-likeness (QED) is 0.342. The molecule has 0 aliphatic carbocycles. The molecule has 0 aliphatic heterocycles. The highest BCUT2D eigenvalue weighted by atomic mass is 29.2. The molecule has 0 aromatic heterocycles. The average molecular weight is 150 g/mol. The van der Waals surface area contributed by atoms with E-state index in [9.17, 15) is 0 Å². The van der Waals surface area contributed by atoms with Crippen molar-refractivity contribution in [1.29, 1.82) is 0 Å². The van der Waals surface area contributed by atoms with Gasteiger partial charge < -0.3 is 4.12 Å². The second-order valence-electron chi connectivity index (χ2n) is 1.70. The summed E-state index contributed by atoms with van der Waals surface area (Å²) in [4.78, 5) is 0. The zero-order valence-corrected chi connectivity index (χ0v) is 10.1. The Kier molecular flexibility index (Phi) is 7.19. The van der Waals surface area contributed by atoms with Gasteiger partial charge in [-0.05, 0) is 0 Å². The van der Waals surface area contributed by atoms with Gasteiger partial charge in [0, 0.05) is 9.04 Å². The molecule has 0 amide bonds. The highest BCUT2D eigenvalue weighted by molar-refractivity contribution is 6.98. The molecule has 0 saturated carbocycles. The van der Waals surface area contributed by atoms with Gasteiger partial charge in [0.15, 0.2) is 0 Å². The molecule has 0 unspecified atom stereocenters. The van der Waals surface area contributed by atoms with Gasteiger partial charge >= 0.3 is 0 Å². The largest absolute Gasteiger partial charge is 0.471 e. The molecule has 0 aromatic rings. The molecule has 0 fully saturated rings. The van der Waals surface area contributed by atoms with Crippen molar-refractivity contribution in [3.8, 4) is 0 Å². The Labute approximate surface area is 52.9 Å². The predicted molar refractivity (Wildman–Crippen MR) is 43.2 cm³/mol. The van der Waals surface area contributed by atoms with Crippen molar-refractivity contribution >= 4 is 28.8 Å². The van der Waals surface area contributed by atoms with Crippen LogP contribution in [0.1, 0.15) is 13.3 Å². The Morgan fingerprint density at radius 2 is 2.43 bits per heavy atom. The lowest BCUT2D eigenvalue weighted by molar-refractivity contribution is 0.681. The Hall–Kier alpha value is 0.611. The van der Waals surface area contributed by atoms with Gasteiger partial charge in [-0.2, -0.15) is 0 Å². The summed E-state index contributed by atoms with van der Waals surface area (Å²) < 4.78 is 5.18. The van der Waals surface area contributed by atoms with Crippen LogP contribution in [0.5, 0.6) is 0 Å². The fourth-order valence-electron chi connectivity index (χ4n) is 0.496. The first-order chi connectivity index (χ1) is 3.41. The topological polar surface area (TPSA) is 9.23 Å². The van der Waals surface area contributed by atoms with E-state index < -0.39 is 0 Å². The number of hydrogen-bond donors (Lipinski definition) is 0. The van der Waals surface area contributed by atoms with Gasteiger partial charge in [0.1, 0.15) is 19.8 Å². The fraction of sp³-hybridized carbons (Fsp3) is 1.00. The summed E-state index contributed by atoms with van der Waals surface area (Å²) in [6.45, 7) is 2.26. The van der Waals surface area contributed by atoms with Crippen molar-refractivity contribution in [2.24, 2.45) is 0 Å². The first kappa shape index (κ1) is 7.61. The number of hydrogen-bond acceptors (Lipinski definition) is 1. The van der Waals surface area contributed by atoms with Crippen LogP contribution in [0, 0.1) is 0 Å². The van der Waals surface area contributed by atoms with Crippen LogP contribution in [0.2, 0.25) is 6.04 Å². The third kappa shape index (κ3) is 6.61. The van der Waals surface area contributed by atoms with Crippen LogP contribution in [0.25, 0.3) is 0 Å². The molecule has 0 atom stereocenters. The Bertz CT molecular complexity index is 29.4. The van der Waals surface area contributed by atoms with Gasteiger partial charge in [-0.25, -0.2) is 0 Å². The van der Waals surface area contributed by atoms with Crippen molar-refractivity contribution in [3.05, 3.63) is 0 Å². The van der Waals surface area contributed by atoms with Crippen LogP contribution in [-0.2, 0) is 4.12 Å². The summed E-state index contributed by atoms with van der Waals surface area (Å²) in [6.07, 6.45) is 1.39. The lowest BCUT2D eigenvalue weighted by Crippen LogP contribution is -2.04. The van der Waals surface area contributed by atoms with Crippen LogP contribution in [-0.4, -0.2) is 28.8 Å². The SMILES string of the molecule is CCC[SiH2][SiH2]O[SiH3]. The summed E-state index contributed by atoms with van der Waals surface area (Å²) in [5.41, 5.74) is 0. The minimum absolute atomic E-state index is 0.111. The molecule has 0 radical (unpaired) electrons. The lowest BCUT2D eigenvalue weighted by Gasteiger charge is -1.91. The standard InChI is InChI=1S/C3H14OSi3/c1-2-3-6-7-4-5/h2-3,6-7H2,1,5H3. The maximum absolute atomic E-state index is 5.18. The van der Waals surface area contributed by atoms with Crippen molar-refractivity contribution in [3.63, 3.8) is 0 Å². The average Bonchev–Trinajstić information content (AvgIpc) is 1.69. The Morgan fingerprint density at radius 3 is 2.86 bits per heavy atom.